The smallest absolute Gasteiger partial charge is 0.248 e. The minimum absolute atomic E-state index is 0. The van der Waals surface area contributed by atoms with Crippen LogP contribution in [-0.4, -0.2) is 13.0 Å². The number of methoxy groups -OCH3 is 1. The van der Waals surface area contributed by atoms with E-state index in [9.17, 15) is 4.79 Å². The lowest BCUT2D eigenvalue weighted by molar-refractivity contribution is 0.100. The van der Waals surface area contributed by atoms with Crippen LogP contribution < -0.4 is 10.5 Å². The summed E-state index contributed by atoms with van der Waals surface area (Å²) in [7, 11) is 1.57. The van der Waals surface area contributed by atoms with Crippen LogP contribution in [0.4, 0.5) is 0 Å². The number of hydrogen-bond acceptors (Lipinski definition) is 2. The van der Waals surface area contributed by atoms with Gasteiger partial charge >= 0.3 is 0 Å². The van der Waals surface area contributed by atoms with Crippen LogP contribution in [-0.2, 0) is 0 Å². The van der Waals surface area contributed by atoms with Gasteiger partial charge in [-0.15, -0.1) is 12.4 Å². The average Bonchev–Trinajstić information content (AvgIpc) is 2.05. The van der Waals surface area contributed by atoms with Gasteiger partial charge in [-0.2, -0.15) is 0 Å². The Labute approximate surface area is 76.9 Å². The first kappa shape index (κ1) is 10.8. The lowest BCUT2D eigenvalue weighted by Gasteiger charge is -1.98. The summed E-state index contributed by atoms with van der Waals surface area (Å²) in [4.78, 5) is 10.6. The molecule has 0 heterocycles. The quantitative estimate of drug-likeness (QED) is 0.757. The number of ether oxygens (including phenoxy) is 1. The average molecular weight is 188 g/mol. The topological polar surface area (TPSA) is 52.3 Å². The Balaban J connectivity index is 0.00000121. The normalized spacial score (nSPS) is 8.42. The van der Waals surface area contributed by atoms with Crippen molar-refractivity contribution in [2.75, 3.05) is 7.11 Å². The maximum Gasteiger partial charge on any atom is 0.248 e. The van der Waals surface area contributed by atoms with Crippen LogP contribution in [0, 0.1) is 0 Å². The third kappa shape index (κ3) is 2.43. The lowest BCUT2D eigenvalue weighted by Crippen LogP contribution is -2.10. The van der Waals surface area contributed by atoms with E-state index in [2.05, 4.69) is 0 Å². The molecule has 1 aromatic rings. The van der Waals surface area contributed by atoms with Gasteiger partial charge < -0.3 is 10.5 Å². The fourth-order valence-corrected chi connectivity index (χ4v) is 0.755. The molecule has 0 aromatic heterocycles. The highest BCUT2D eigenvalue weighted by Gasteiger charge is 1.98. The second-order valence-electron chi connectivity index (χ2n) is 2.09. The van der Waals surface area contributed by atoms with Gasteiger partial charge in [-0.1, -0.05) is 0 Å². The summed E-state index contributed by atoms with van der Waals surface area (Å²) < 4.78 is 4.90. The molecule has 66 valence electrons. The maximum atomic E-state index is 10.6. The van der Waals surface area contributed by atoms with Gasteiger partial charge in [0.2, 0.25) is 5.91 Å². The van der Waals surface area contributed by atoms with E-state index in [4.69, 9.17) is 10.5 Å². The molecule has 4 heteroatoms. The first-order valence-corrected chi connectivity index (χ1v) is 3.18. The minimum Gasteiger partial charge on any atom is -0.497 e. The van der Waals surface area contributed by atoms with Crippen molar-refractivity contribution in [3.05, 3.63) is 29.8 Å². The molecule has 0 aliphatic heterocycles. The van der Waals surface area contributed by atoms with Crippen molar-refractivity contribution in [2.45, 2.75) is 0 Å². The molecule has 0 saturated carbocycles. The molecule has 0 aliphatic rings. The summed E-state index contributed by atoms with van der Waals surface area (Å²) in [5, 5.41) is 0. The fraction of sp³-hybridized carbons (Fsp3) is 0.125. The number of halogens is 1. The third-order valence-corrected chi connectivity index (χ3v) is 1.37. The molecule has 2 N–H and O–H groups in total. The number of nitrogens with two attached hydrogens (primary N) is 1. The second kappa shape index (κ2) is 4.62. The van der Waals surface area contributed by atoms with Gasteiger partial charge in [-0.05, 0) is 24.3 Å². The molecule has 0 spiro atoms. The van der Waals surface area contributed by atoms with Gasteiger partial charge in [0.1, 0.15) is 5.75 Å². The highest BCUT2D eigenvalue weighted by molar-refractivity contribution is 5.92. The van der Waals surface area contributed by atoms with Gasteiger partial charge in [0.15, 0.2) is 0 Å². The van der Waals surface area contributed by atoms with Crippen molar-refractivity contribution in [1.82, 2.24) is 0 Å². The molecule has 1 rings (SSSR count). The molecule has 0 radical (unpaired) electrons. The van der Waals surface area contributed by atoms with Crippen molar-refractivity contribution < 1.29 is 9.53 Å². The molecule has 0 bridgehead atoms. The first-order chi connectivity index (χ1) is 5.24. The zero-order valence-electron chi connectivity index (χ0n) is 6.61. The molecule has 12 heavy (non-hydrogen) atoms. The zero-order valence-corrected chi connectivity index (χ0v) is 7.43. The Kier molecular flexibility index (Phi) is 4.15. The molecule has 0 fully saturated rings. The number of hydrogen-bond donors (Lipinski definition) is 1. The fourth-order valence-electron chi connectivity index (χ4n) is 0.755. The summed E-state index contributed by atoms with van der Waals surface area (Å²) in [6.07, 6.45) is 0. The van der Waals surface area contributed by atoms with Gasteiger partial charge in [0.05, 0.1) is 7.11 Å². The van der Waals surface area contributed by atoms with Gasteiger partial charge in [0.25, 0.3) is 0 Å². The molecular formula is C8H10ClNO2. The Morgan fingerprint density at radius 2 is 1.83 bits per heavy atom. The molecule has 0 atom stereocenters. The largest absolute Gasteiger partial charge is 0.497 e. The van der Waals surface area contributed by atoms with E-state index >= 15 is 0 Å². The lowest BCUT2D eigenvalue weighted by atomic mass is 10.2. The van der Waals surface area contributed by atoms with E-state index in [1.807, 2.05) is 0 Å². The van der Waals surface area contributed by atoms with Crippen LogP contribution in [0.5, 0.6) is 5.75 Å². The Bertz CT molecular complexity index is 258. The van der Waals surface area contributed by atoms with Gasteiger partial charge in [-0.25, -0.2) is 0 Å². The van der Waals surface area contributed by atoms with Crippen LogP contribution in [0.2, 0.25) is 0 Å². The van der Waals surface area contributed by atoms with Crippen molar-refractivity contribution >= 4 is 18.3 Å². The number of carbonyl (C=O) groups is 1. The Morgan fingerprint density at radius 1 is 1.33 bits per heavy atom. The van der Waals surface area contributed by atoms with E-state index in [-0.39, 0.29) is 12.4 Å². The third-order valence-electron chi connectivity index (χ3n) is 1.37. The molecule has 0 unspecified atom stereocenters. The number of amides is 1. The standard InChI is InChI=1S/C8H9NO2.ClH/c1-11-7-4-2-6(3-5-7)8(9)10;/h2-5H,1H3,(H2,9,10);1H. The number of rotatable bonds is 2. The van der Waals surface area contributed by atoms with Crippen LogP contribution in [0.15, 0.2) is 24.3 Å². The monoisotopic (exact) mass is 187 g/mol. The molecule has 0 saturated heterocycles. The number of carbonyl (C=O) groups excluding carboxylic acids is 1. The molecule has 1 amide bonds. The van der Waals surface area contributed by atoms with Crippen molar-refractivity contribution in [3.8, 4) is 5.75 Å². The van der Waals surface area contributed by atoms with E-state index < -0.39 is 5.91 Å². The maximum absolute atomic E-state index is 10.6. The van der Waals surface area contributed by atoms with E-state index in [1.54, 1.807) is 31.4 Å². The van der Waals surface area contributed by atoms with Crippen molar-refractivity contribution in [2.24, 2.45) is 5.73 Å². The predicted octanol–water partition coefficient (Wildman–Crippen LogP) is 1.22. The van der Waals surface area contributed by atoms with Gasteiger partial charge in [0, 0.05) is 5.56 Å². The summed E-state index contributed by atoms with van der Waals surface area (Å²) in [6, 6.07) is 6.64. The zero-order chi connectivity index (χ0) is 8.27. The summed E-state index contributed by atoms with van der Waals surface area (Å²) >= 11 is 0. The molecule has 3 nitrogen and oxygen atoms in total. The number of benzene rings is 1. The van der Waals surface area contributed by atoms with Crippen LogP contribution >= 0.6 is 12.4 Å². The van der Waals surface area contributed by atoms with Gasteiger partial charge in [-0.3, -0.25) is 4.79 Å². The summed E-state index contributed by atoms with van der Waals surface area (Å²) in [5.74, 6) is 0.294. The van der Waals surface area contributed by atoms with Crippen LogP contribution in [0.1, 0.15) is 10.4 Å². The number of primary amides is 1. The van der Waals surface area contributed by atoms with Crippen molar-refractivity contribution in [3.63, 3.8) is 0 Å². The van der Waals surface area contributed by atoms with E-state index in [0.717, 1.165) is 5.75 Å². The highest BCUT2D eigenvalue weighted by Crippen LogP contribution is 2.10. The minimum atomic E-state index is -0.423. The van der Waals surface area contributed by atoms with Crippen molar-refractivity contribution in [1.29, 1.82) is 0 Å². The second-order valence-corrected chi connectivity index (χ2v) is 2.09. The first-order valence-electron chi connectivity index (χ1n) is 3.18. The predicted molar refractivity (Wildman–Crippen MR) is 48.8 cm³/mol. The molecule has 1 aromatic carbocycles. The highest BCUT2D eigenvalue weighted by atomic mass is 35.5. The SMILES string of the molecule is COc1ccc(C(N)=O)cc1.Cl. The Morgan fingerprint density at radius 3 is 2.17 bits per heavy atom. The Hall–Kier alpha value is -1.22. The van der Waals surface area contributed by atoms with Crippen LogP contribution in [0.3, 0.4) is 0 Å². The van der Waals surface area contributed by atoms with Crippen LogP contribution in [0.25, 0.3) is 0 Å². The van der Waals surface area contributed by atoms with E-state index in [1.165, 1.54) is 0 Å². The summed E-state index contributed by atoms with van der Waals surface area (Å²) in [6.45, 7) is 0. The van der Waals surface area contributed by atoms with E-state index in [0.29, 0.717) is 5.56 Å². The molecular weight excluding hydrogens is 178 g/mol. The molecule has 0 aliphatic carbocycles. The summed E-state index contributed by atoms with van der Waals surface area (Å²) in [5.41, 5.74) is 5.52.